The van der Waals surface area contributed by atoms with Crippen LogP contribution in [0, 0.1) is 0 Å². The number of nitrogens with zero attached hydrogens (tertiary/aromatic N) is 2. The van der Waals surface area contributed by atoms with Crippen LogP contribution in [0.4, 0.5) is 4.79 Å². The molecule has 1 aliphatic rings. The Morgan fingerprint density at radius 3 is 2.65 bits per heavy atom. The molecule has 2 heterocycles. The van der Waals surface area contributed by atoms with Gasteiger partial charge < -0.3 is 5.32 Å². The van der Waals surface area contributed by atoms with Crippen LogP contribution in [0.15, 0.2) is 42.5 Å². The maximum atomic E-state index is 13.0. The fourth-order valence-electron chi connectivity index (χ4n) is 2.97. The predicted molar refractivity (Wildman–Crippen MR) is 103 cm³/mol. The summed E-state index contributed by atoms with van der Waals surface area (Å²) in [5.74, 6) is -0.347. The zero-order chi connectivity index (χ0) is 18.5. The number of halogens is 2. The number of thiazole rings is 1. The number of para-hydroxylation sites is 1. The number of fused-ring (bicyclic) bond motifs is 1. The van der Waals surface area contributed by atoms with Crippen molar-refractivity contribution in [2.45, 2.75) is 19.0 Å². The monoisotopic (exact) mass is 405 g/mol. The minimum atomic E-state index is -1.19. The van der Waals surface area contributed by atoms with Crippen molar-refractivity contribution < 1.29 is 9.59 Å². The number of benzene rings is 2. The van der Waals surface area contributed by atoms with E-state index < -0.39 is 11.6 Å². The lowest BCUT2D eigenvalue weighted by atomic mass is 9.92. The van der Waals surface area contributed by atoms with Crippen molar-refractivity contribution in [3.05, 3.63) is 63.1 Å². The first-order valence-electron chi connectivity index (χ1n) is 7.82. The number of hydrogen-bond donors (Lipinski definition) is 1. The van der Waals surface area contributed by atoms with E-state index in [0.29, 0.717) is 20.6 Å². The first-order chi connectivity index (χ1) is 12.4. The number of hydrogen-bond acceptors (Lipinski definition) is 4. The first-order valence-corrected chi connectivity index (χ1v) is 9.40. The van der Waals surface area contributed by atoms with Crippen molar-refractivity contribution in [3.8, 4) is 0 Å². The second-order valence-corrected chi connectivity index (χ2v) is 8.08. The molecule has 132 valence electrons. The van der Waals surface area contributed by atoms with E-state index in [-0.39, 0.29) is 12.5 Å². The second-order valence-electron chi connectivity index (χ2n) is 6.15. The highest BCUT2D eigenvalue weighted by molar-refractivity contribution is 7.18. The summed E-state index contributed by atoms with van der Waals surface area (Å²) in [5.41, 5.74) is 0.242. The number of rotatable bonds is 3. The van der Waals surface area contributed by atoms with Gasteiger partial charge in [0.25, 0.3) is 5.91 Å². The minimum Gasteiger partial charge on any atom is -0.319 e. The van der Waals surface area contributed by atoms with Gasteiger partial charge in [0.2, 0.25) is 0 Å². The number of carbonyl (C=O) groups is 2. The Bertz CT molecular complexity index is 1020. The molecule has 1 N–H and O–H groups in total. The summed E-state index contributed by atoms with van der Waals surface area (Å²) in [6, 6.07) is 12.1. The summed E-state index contributed by atoms with van der Waals surface area (Å²) in [7, 11) is 0. The molecule has 1 fully saturated rings. The molecule has 1 saturated heterocycles. The van der Waals surface area contributed by atoms with Gasteiger partial charge in [-0.25, -0.2) is 9.78 Å². The van der Waals surface area contributed by atoms with E-state index in [1.807, 2.05) is 24.3 Å². The quantitative estimate of drug-likeness (QED) is 0.649. The van der Waals surface area contributed by atoms with Gasteiger partial charge in [-0.05, 0) is 36.8 Å². The largest absolute Gasteiger partial charge is 0.325 e. The van der Waals surface area contributed by atoms with Crippen LogP contribution in [0.1, 0.15) is 17.5 Å². The number of amides is 3. The summed E-state index contributed by atoms with van der Waals surface area (Å²) in [4.78, 5) is 31.1. The minimum absolute atomic E-state index is 0.126. The SMILES string of the molecule is C[C@]1(c2ccc(Cl)c(Cl)c2)NC(=O)N(Cc2nc3ccccc3s2)C1=O. The van der Waals surface area contributed by atoms with E-state index in [2.05, 4.69) is 10.3 Å². The first kappa shape index (κ1) is 17.3. The van der Waals surface area contributed by atoms with Crippen LogP contribution in [0.2, 0.25) is 10.0 Å². The number of aromatic nitrogens is 1. The fourth-order valence-corrected chi connectivity index (χ4v) is 4.22. The van der Waals surface area contributed by atoms with Crippen molar-refractivity contribution in [1.29, 1.82) is 0 Å². The van der Waals surface area contributed by atoms with Crippen LogP contribution in [0.5, 0.6) is 0 Å². The van der Waals surface area contributed by atoms with E-state index in [1.54, 1.807) is 25.1 Å². The van der Waals surface area contributed by atoms with Crippen LogP contribution in [0.25, 0.3) is 10.2 Å². The molecule has 0 unspecified atom stereocenters. The highest BCUT2D eigenvalue weighted by Crippen LogP contribution is 2.34. The molecule has 3 amide bonds. The summed E-state index contributed by atoms with van der Waals surface area (Å²) in [6.45, 7) is 1.78. The molecule has 0 aliphatic carbocycles. The van der Waals surface area contributed by atoms with Gasteiger partial charge in [-0.3, -0.25) is 9.69 Å². The van der Waals surface area contributed by atoms with Crippen molar-refractivity contribution >= 4 is 56.7 Å². The van der Waals surface area contributed by atoms with Crippen LogP contribution in [0.3, 0.4) is 0 Å². The fraction of sp³-hybridized carbons (Fsp3) is 0.167. The molecule has 1 atom stereocenters. The molecule has 2 aromatic carbocycles. The topological polar surface area (TPSA) is 62.3 Å². The average molecular weight is 406 g/mol. The maximum Gasteiger partial charge on any atom is 0.325 e. The molecule has 0 bridgehead atoms. The Balaban J connectivity index is 1.65. The molecule has 0 radical (unpaired) electrons. The van der Waals surface area contributed by atoms with Crippen LogP contribution >= 0.6 is 34.5 Å². The number of carbonyl (C=O) groups excluding carboxylic acids is 2. The number of nitrogens with one attached hydrogen (secondary N) is 1. The summed E-state index contributed by atoms with van der Waals surface area (Å²) in [5, 5.41) is 4.18. The van der Waals surface area contributed by atoms with Gasteiger partial charge in [0.05, 0.1) is 26.8 Å². The van der Waals surface area contributed by atoms with Crippen molar-refractivity contribution in [3.63, 3.8) is 0 Å². The Hall–Kier alpha value is -2.15. The van der Waals surface area contributed by atoms with Crippen molar-refractivity contribution in [2.75, 3.05) is 0 Å². The van der Waals surface area contributed by atoms with Crippen molar-refractivity contribution in [2.24, 2.45) is 0 Å². The average Bonchev–Trinajstić information content (AvgIpc) is 3.12. The summed E-state index contributed by atoms with van der Waals surface area (Å²) < 4.78 is 1.02. The Morgan fingerprint density at radius 2 is 1.92 bits per heavy atom. The lowest BCUT2D eigenvalue weighted by Crippen LogP contribution is -2.40. The van der Waals surface area contributed by atoms with Crippen LogP contribution in [-0.4, -0.2) is 21.8 Å². The lowest BCUT2D eigenvalue weighted by Gasteiger charge is -2.22. The number of imide groups is 1. The van der Waals surface area contributed by atoms with E-state index in [4.69, 9.17) is 23.2 Å². The van der Waals surface area contributed by atoms with E-state index in [0.717, 1.165) is 10.2 Å². The molecule has 1 aromatic heterocycles. The molecule has 0 spiro atoms. The second kappa shape index (κ2) is 6.23. The van der Waals surface area contributed by atoms with Crippen LogP contribution < -0.4 is 5.32 Å². The molecular formula is C18H13Cl2N3O2S. The normalized spacial score (nSPS) is 20.0. The standard InChI is InChI=1S/C18H13Cl2N3O2S/c1-18(10-6-7-11(19)12(20)8-10)16(24)23(17(25)22-18)9-15-21-13-4-2-3-5-14(13)26-15/h2-8H,9H2,1H3,(H,22,25)/t18-/m1/s1. The van der Waals surface area contributed by atoms with Gasteiger partial charge >= 0.3 is 6.03 Å². The third kappa shape index (κ3) is 2.74. The molecule has 1 aliphatic heterocycles. The van der Waals surface area contributed by atoms with E-state index in [1.165, 1.54) is 16.2 Å². The number of urea groups is 1. The third-order valence-corrected chi connectivity index (χ3v) is 6.16. The Morgan fingerprint density at radius 1 is 1.15 bits per heavy atom. The van der Waals surface area contributed by atoms with Gasteiger partial charge in [-0.2, -0.15) is 0 Å². The highest BCUT2D eigenvalue weighted by atomic mass is 35.5. The molecule has 4 rings (SSSR count). The smallest absolute Gasteiger partial charge is 0.319 e. The Kier molecular flexibility index (Phi) is 4.14. The van der Waals surface area contributed by atoms with Crippen molar-refractivity contribution in [1.82, 2.24) is 15.2 Å². The highest BCUT2D eigenvalue weighted by Gasteiger charge is 2.49. The third-order valence-electron chi connectivity index (χ3n) is 4.40. The molecule has 5 nitrogen and oxygen atoms in total. The molecule has 3 aromatic rings. The van der Waals surface area contributed by atoms with E-state index in [9.17, 15) is 9.59 Å². The predicted octanol–water partition coefficient (Wildman–Crippen LogP) is 4.57. The molecule has 8 heteroatoms. The molecule has 0 saturated carbocycles. The Labute approximate surface area is 163 Å². The van der Waals surface area contributed by atoms with Gasteiger partial charge in [0.15, 0.2) is 0 Å². The lowest BCUT2D eigenvalue weighted by molar-refractivity contribution is -0.131. The molecule has 26 heavy (non-hydrogen) atoms. The maximum absolute atomic E-state index is 13.0. The van der Waals surface area contributed by atoms with Gasteiger partial charge in [-0.15, -0.1) is 11.3 Å². The molecular weight excluding hydrogens is 393 g/mol. The zero-order valence-electron chi connectivity index (χ0n) is 13.6. The van der Waals surface area contributed by atoms with Gasteiger partial charge in [0, 0.05) is 0 Å². The van der Waals surface area contributed by atoms with Crippen LogP contribution in [-0.2, 0) is 16.9 Å². The summed E-state index contributed by atoms with van der Waals surface area (Å²) in [6.07, 6.45) is 0. The van der Waals surface area contributed by atoms with Gasteiger partial charge in [-0.1, -0.05) is 41.4 Å². The summed E-state index contributed by atoms with van der Waals surface area (Å²) >= 11 is 13.5. The zero-order valence-corrected chi connectivity index (χ0v) is 16.0. The van der Waals surface area contributed by atoms with E-state index >= 15 is 0 Å². The van der Waals surface area contributed by atoms with Gasteiger partial charge in [0.1, 0.15) is 10.5 Å².